The maximum absolute atomic E-state index is 12.9. The van der Waals surface area contributed by atoms with E-state index in [0.29, 0.717) is 5.91 Å². The van der Waals surface area contributed by atoms with Crippen LogP contribution in [-0.4, -0.2) is 63.2 Å². The van der Waals surface area contributed by atoms with Crippen LogP contribution in [0.1, 0.15) is 31.2 Å². The third-order valence-corrected chi connectivity index (χ3v) is 5.68. The summed E-state index contributed by atoms with van der Waals surface area (Å²) >= 11 is 0. The van der Waals surface area contributed by atoms with Gasteiger partial charge in [0, 0.05) is 50.8 Å². The van der Waals surface area contributed by atoms with Gasteiger partial charge in [-0.05, 0) is 49.7 Å². The van der Waals surface area contributed by atoms with Gasteiger partial charge in [0.1, 0.15) is 11.9 Å². The van der Waals surface area contributed by atoms with Gasteiger partial charge >= 0.3 is 0 Å². The summed E-state index contributed by atoms with van der Waals surface area (Å²) in [6, 6.07) is 5.81. The SMILES string of the molecule is O=C(C1CCN(Cc2ccnnc2)CC1)N1CCC(Oc2cccnc2)CC1. The molecule has 0 N–H and O–H groups in total. The first-order valence-electron chi connectivity index (χ1n) is 10.1. The van der Waals surface area contributed by atoms with Crippen molar-refractivity contribution in [2.75, 3.05) is 26.2 Å². The molecule has 4 rings (SSSR count). The van der Waals surface area contributed by atoms with E-state index in [2.05, 4.69) is 20.1 Å². The molecule has 0 unspecified atom stereocenters. The molecule has 2 aromatic heterocycles. The van der Waals surface area contributed by atoms with Crippen LogP contribution in [0.25, 0.3) is 0 Å². The van der Waals surface area contributed by atoms with Crippen molar-refractivity contribution in [3.8, 4) is 5.75 Å². The van der Waals surface area contributed by atoms with E-state index < -0.39 is 0 Å². The minimum atomic E-state index is 0.155. The Hall–Kier alpha value is -2.54. The van der Waals surface area contributed by atoms with Crippen LogP contribution in [0.3, 0.4) is 0 Å². The number of aromatic nitrogens is 3. The zero-order valence-corrected chi connectivity index (χ0v) is 16.1. The van der Waals surface area contributed by atoms with Gasteiger partial charge in [-0.15, -0.1) is 0 Å². The molecule has 0 spiro atoms. The second kappa shape index (κ2) is 9.10. The van der Waals surface area contributed by atoms with Gasteiger partial charge in [0.15, 0.2) is 0 Å². The number of amides is 1. The van der Waals surface area contributed by atoms with Crippen molar-refractivity contribution in [3.05, 3.63) is 48.5 Å². The van der Waals surface area contributed by atoms with Gasteiger partial charge in [-0.25, -0.2) is 0 Å². The standard InChI is InChI=1S/C21H27N5O2/c27-21(18-4-10-25(11-5-18)16-17-3-9-23-24-14-17)26-12-6-19(7-13-26)28-20-2-1-8-22-15-20/h1-3,8-9,14-15,18-19H,4-7,10-13,16H2. The van der Waals surface area contributed by atoms with Gasteiger partial charge in [0.25, 0.3) is 0 Å². The number of likely N-dealkylation sites (tertiary alicyclic amines) is 2. The molecule has 0 aliphatic carbocycles. The smallest absolute Gasteiger partial charge is 0.225 e. The fourth-order valence-electron chi connectivity index (χ4n) is 4.07. The summed E-state index contributed by atoms with van der Waals surface area (Å²) in [6.07, 6.45) is 10.8. The molecule has 0 saturated carbocycles. The molecule has 4 heterocycles. The molecule has 2 fully saturated rings. The molecule has 0 aromatic carbocycles. The van der Waals surface area contributed by atoms with Gasteiger partial charge < -0.3 is 9.64 Å². The maximum atomic E-state index is 12.9. The van der Waals surface area contributed by atoms with E-state index in [-0.39, 0.29) is 12.0 Å². The van der Waals surface area contributed by atoms with E-state index in [9.17, 15) is 4.79 Å². The Balaban J connectivity index is 1.20. The topological polar surface area (TPSA) is 71.5 Å². The van der Waals surface area contributed by atoms with Gasteiger partial charge in [-0.2, -0.15) is 10.2 Å². The van der Waals surface area contributed by atoms with Crippen molar-refractivity contribution >= 4 is 5.91 Å². The first-order valence-corrected chi connectivity index (χ1v) is 10.1. The van der Waals surface area contributed by atoms with E-state index in [0.717, 1.165) is 64.2 Å². The first-order chi connectivity index (χ1) is 13.8. The molecule has 7 nitrogen and oxygen atoms in total. The first kappa shape index (κ1) is 18.8. The maximum Gasteiger partial charge on any atom is 0.225 e. The fourth-order valence-corrected chi connectivity index (χ4v) is 4.07. The van der Waals surface area contributed by atoms with Gasteiger partial charge in [0.05, 0.1) is 12.4 Å². The lowest BCUT2D eigenvalue weighted by atomic mass is 9.94. The highest BCUT2D eigenvalue weighted by molar-refractivity contribution is 5.79. The van der Waals surface area contributed by atoms with Crippen LogP contribution in [0.15, 0.2) is 43.0 Å². The van der Waals surface area contributed by atoms with Crippen molar-refractivity contribution in [2.24, 2.45) is 5.92 Å². The van der Waals surface area contributed by atoms with Crippen LogP contribution in [0.4, 0.5) is 0 Å². The average molecular weight is 381 g/mol. The van der Waals surface area contributed by atoms with Crippen LogP contribution < -0.4 is 4.74 Å². The van der Waals surface area contributed by atoms with Crippen molar-refractivity contribution in [1.82, 2.24) is 25.0 Å². The van der Waals surface area contributed by atoms with Crippen molar-refractivity contribution in [1.29, 1.82) is 0 Å². The zero-order chi connectivity index (χ0) is 19.2. The highest BCUT2D eigenvalue weighted by atomic mass is 16.5. The highest BCUT2D eigenvalue weighted by Crippen LogP contribution is 2.24. The Morgan fingerprint density at radius 3 is 2.50 bits per heavy atom. The Labute approximate surface area is 165 Å². The number of carbonyl (C=O) groups excluding carboxylic acids is 1. The molecule has 0 radical (unpaired) electrons. The minimum absolute atomic E-state index is 0.155. The lowest BCUT2D eigenvalue weighted by Crippen LogP contribution is -2.46. The van der Waals surface area contributed by atoms with Crippen LogP contribution in [0.5, 0.6) is 5.75 Å². The molecular weight excluding hydrogens is 354 g/mol. The third-order valence-electron chi connectivity index (χ3n) is 5.68. The minimum Gasteiger partial charge on any atom is -0.489 e. The average Bonchev–Trinajstić information content (AvgIpc) is 2.76. The number of ether oxygens (including phenoxy) is 1. The lowest BCUT2D eigenvalue weighted by molar-refractivity contribution is -0.139. The van der Waals surface area contributed by atoms with E-state index >= 15 is 0 Å². The predicted molar refractivity (Wildman–Crippen MR) is 105 cm³/mol. The number of nitrogens with zero attached hydrogens (tertiary/aromatic N) is 5. The molecule has 2 aliphatic rings. The Morgan fingerprint density at radius 2 is 1.82 bits per heavy atom. The second-order valence-electron chi connectivity index (χ2n) is 7.63. The van der Waals surface area contributed by atoms with Gasteiger partial charge in [0.2, 0.25) is 5.91 Å². The normalized spacial score (nSPS) is 19.5. The van der Waals surface area contributed by atoms with Crippen LogP contribution in [0, 0.1) is 5.92 Å². The van der Waals surface area contributed by atoms with E-state index in [1.807, 2.05) is 29.3 Å². The number of hydrogen-bond acceptors (Lipinski definition) is 6. The largest absolute Gasteiger partial charge is 0.489 e. The molecular formula is C21H27N5O2. The molecule has 7 heteroatoms. The summed E-state index contributed by atoms with van der Waals surface area (Å²) in [5.74, 6) is 1.29. The summed E-state index contributed by atoms with van der Waals surface area (Å²) in [5.41, 5.74) is 1.18. The Bertz CT molecular complexity index is 678. The summed E-state index contributed by atoms with van der Waals surface area (Å²) in [7, 11) is 0. The second-order valence-corrected chi connectivity index (χ2v) is 7.63. The number of pyridine rings is 1. The summed E-state index contributed by atoms with van der Waals surface area (Å²) in [4.78, 5) is 21.4. The van der Waals surface area contributed by atoms with Crippen molar-refractivity contribution in [3.63, 3.8) is 0 Å². The zero-order valence-electron chi connectivity index (χ0n) is 16.1. The lowest BCUT2D eigenvalue weighted by Gasteiger charge is -2.37. The van der Waals surface area contributed by atoms with E-state index in [1.165, 1.54) is 5.56 Å². The van der Waals surface area contributed by atoms with E-state index in [1.54, 1.807) is 18.6 Å². The molecule has 28 heavy (non-hydrogen) atoms. The van der Waals surface area contributed by atoms with Crippen LogP contribution in [0.2, 0.25) is 0 Å². The van der Waals surface area contributed by atoms with E-state index in [4.69, 9.17) is 4.74 Å². The van der Waals surface area contributed by atoms with Gasteiger partial charge in [-0.3, -0.25) is 14.7 Å². The number of carbonyl (C=O) groups is 1. The van der Waals surface area contributed by atoms with Crippen LogP contribution >= 0.6 is 0 Å². The summed E-state index contributed by atoms with van der Waals surface area (Å²) < 4.78 is 5.98. The predicted octanol–water partition coefficient (Wildman–Crippen LogP) is 2.15. The summed E-state index contributed by atoms with van der Waals surface area (Å²) in [5, 5.41) is 7.76. The molecule has 2 aliphatic heterocycles. The number of rotatable bonds is 5. The molecule has 2 saturated heterocycles. The van der Waals surface area contributed by atoms with Gasteiger partial charge in [-0.1, -0.05) is 0 Å². The molecule has 148 valence electrons. The Kier molecular flexibility index (Phi) is 6.11. The molecule has 1 amide bonds. The highest BCUT2D eigenvalue weighted by Gasteiger charge is 2.31. The van der Waals surface area contributed by atoms with Crippen molar-refractivity contribution < 1.29 is 9.53 Å². The molecule has 0 atom stereocenters. The molecule has 0 bridgehead atoms. The van der Waals surface area contributed by atoms with Crippen molar-refractivity contribution in [2.45, 2.75) is 38.3 Å². The quantitative estimate of drug-likeness (QED) is 0.790. The van der Waals surface area contributed by atoms with Crippen LogP contribution in [-0.2, 0) is 11.3 Å². The Morgan fingerprint density at radius 1 is 1.00 bits per heavy atom. The number of piperidine rings is 2. The molecule has 2 aromatic rings. The fraction of sp³-hybridized carbons (Fsp3) is 0.524. The summed E-state index contributed by atoms with van der Waals surface area (Å²) in [6.45, 7) is 4.37. The monoisotopic (exact) mass is 381 g/mol. The number of hydrogen-bond donors (Lipinski definition) is 0. The third kappa shape index (κ3) is 4.84.